The van der Waals surface area contributed by atoms with E-state index in [-0.39, 0.29) is 10.8 Å². The summed E-state index contributed by atoms with van der Waals surface area (Å²) < 4.78 is 0. The van der Waals surface area contributed by atoms with Gasteiger partial charge in [-0.15, -0.1) is 0 Å². The Morgan fingerprint density at radius 3 is 2.94 bits per heavy atom. The number of hydrogen-bond acceptors (Lipinski definition) is 4. The zero-order valence-electron chi connectivity index (χ0n) is 9.27. The van der Waals surface area contributed by atoms with Gasteiger partial charge in [-0.3, -0.25) is 4.79 Å². The number of carbonyl (C=O) groups excluding carboxylic acids is 1. The first-order valence-electron chi connectivity index (χ1n) is 4.91. The summed E-state index contributed by atoms with van der Waals surface area (Å²) in [5.41, 5.74) is 0.597. The van der Waals surface area contributed by atoms with Gasteiger partial charge in [-0.05, 0) is 12.1 Å². The number of nitrogens with zero attached hydrogens (tertiary/aromatic N) is 1. The minimum Gasteiger partial charge on any atom is -0.477 e. The zero-order chi connectivity index (χ0) is 12.7. The molecule has 5 heteroatoms. The van der Waals surface area contributed by atoms with Crippen LogP contribution in [0.5, 0.6) is 0 Å². The summed E-state index contributed by atoms with van der Waals surface area (Å²) in [7, 11) is 0. The molecular weight excluding hydrogens is 238 g/mol. The van der Waals surface area contributed by atoms with Crippen LogP contribution in [-0.4, -0.2) is 26.9 Å². The summed E-state index contributed by atoms with van der Waals surface area (Å²) in [5.74, 6) is 5.30. The molecule has 0 saturated carbocycles. The van der Waals surface area contributed by atoms with Crippen LogP contribution in [0, 0.1) is 11.8 Å². The first-order valence-corrected chi connectivity index (χ1v) is 5.89. The van der Waals surface area contributed by atoms with Gasteiger partial charge in [0.25, 0.3) is 0 Å². The predicted octanol–water partition coefficient (Wildman–Crippen LogP) is 1.80. The number of pyridine rings is 1. The molecule has 1 aromatic rings. The van der Waals surface area contributed by atoms with Crippen LogP contribution in [0.1, 0.15) is 29.4 Å². The van der Waals surface area contributed by atoms with Gasteiger partial charge in [0.05, 0.1) is 0 Å². The molecule has 0 unspecified atom stereocenters. The van der Waals surface area contributed by atoms with Crippen molar-refractivity contribution in [2.45, 2.75) is 13.3 Å². The predicted molar refractivity (Wildman–Crippen MR) is 65.8 cm³/mol. The topological polar surface area (TPSA) is 67.3 Å². The van der Waals surface area contributed by atoms with Crippen molar-refractivity contribution in [1.29, 1.82) is 0 Å². The Kier molecular flexibility index (Phi) is 5.24. The monoisotopic (exact) mass is 249 g/mol. The van der Waals surface area contributed by atoms with E-state index in [1.54, 1.807) is 6.07 Å². The third-order valence-corrected chi connectivity index (χ3v) is 2.56. The minimum absolute atomic E-state index is 0.0186. The smallest absolute Gasteiger partial charge is 0.354 e. The fourth-order valence-corrected chi connectivity index (χ4v) is 1.53. The van der Waals surface area contributed by atoms with Crippen LogP contribution < -0.4 is 0 Å². The number of aromatic carboxylic acids is 1. The second-order valence-electron chi connectivity index (χ2n) is 3.13. The SMILES string of the molecule is CC(=O)SCCC#Cc1ccnc(C(=O)O)c1. The largest absolute Gasteiger partial charge is 0.477 e. The molecule has 0 aliphatic rings. The summed E-state index contributed by atoms with van der Waals surface area (Å²) in [6, 6.07) is 3.07. The second kappa shape index (κ2) is 6.71. The highest BCUT2D eigenvalue weighted by atomic mass is 32.2. The molecule has 0 saturated heterocycles. The van der Waals surface area contributed by atoms with Gasteiger partial charge in [0, 0.05) is 30.9 Å². The number of hydrogen-bond donors (Lipinski definition) is 1. The molecule has 0 amide bonds. The Morgan fingerprint density at radius 1 is 1.53 bits per heavy atom. The normalized spacial score (nSPS) is 9.24. The molecule has 17 heavy (non-hydrogen) atoms. The van der Waals surface area contributed by atoms with Crippen molar-refractivity contribution in [1.82, 2.24) is 4.98 Å². The maximum atomic E-state index is 10.7. The Bertz CT molecular complexity index is 488. The quantitative estimate of drug-likeness (QED) is 0.653. The standard InChI is InChI=1S/C12H11NO3S/c1-9(14)17-7-3-2-4-10-5-6-13-11(8-10)12(15)16/h5-6,8H,3,7H2,1H3,(H,15,16). The van der Waals surface area contributed by atoms with Crippen molar-refractivity contribution in [3.05, 3.63) is 29.6 Å². The second-order valence-corrected chi connectivity index (χ2v) is 4.40. The van der Waals surface area contributed by atoms with Gasteiger partial charge in [-0.25, -0.2) is 9.78 Å². The molecule has 88 valence electrons. The van der Waals surface area contributed by atoms with Crippen molar-refractivity contribution < 1.29 is 14.7 Å². The van der Waals surface area contributed by atoms with Gasteiger partial charge in [0.15, 0.2) is 5.12 Å². The number of carboxylic acids is 1. The van der Waals surface area contributed by atoms with Crippen LogP contribution in [0.3, 0.4) is 0 Å². The maximum absolute atomic E-state index is 10.7. The summed E-state index contributed by atoms with van der Waals surface area (Å²) in [4.78, 5) is 25.0. The first-order chi connectivity index (χ1) is 8.09. The number of aromatic nitrogens is 1. The average Bonchev–Trinajstić information content (AvgIpc) is 2.28. The van der Waals surface area contributed by atoms with Crippen LogP contribution in [0.4, 0.5) is 0 Å². The minimum atomic E-state index is -1.07. The van der Waals surface area contributed by atoms with E-state index in [0.29, 0.717) is 17.7 Å². The molecule has 0 radical (unpaired) electrons. The van der Waals surface area contributed by atoms with E-state index in [9.17, 15) is 9.59 Å². The van der Waals surface area contributed by atoms with Gasteiger partial charge in [-0.1, -0.05) is 23.6 Å². The third-order valence-electron chi connectivity index (χ3n) is 1.74. The molecule has 0 spiro atoms. The molecule has 0 aliphatic carbocycles. The summed E-state index contributed by atoms with van der Waals surface area (Å²) in [6.07, 6.45) is 2.01. The molecule has 4 nitrogen and oxygen atoms in total. The molecule has 0 fully saturated rings. The Labute approximate surface area is 103 Å². The van der Waals surface area contributed by atoms with Crippen molar-refractivity contribution in [3.63, 3.8) is 0 Å². The van der Waals surface area contributed by atoms with E-state index in [1.165, 1.54) is 30.9 Å². The van der Waals surface area contributed by atoms with E-state index in [2.05, 4.69) is 16.8 Å². The van der Waals surface area contributed by atoms with Crippen molar-refractivity contribution >= 4 is 22.8 Å². The Hall–Kier alpha value is -1.80. The molecular formula is C12H11NO3S. The molecule has 0 aliphatic heterocycles. The molecule has 1 heterocycles. The number of carbonyl (C=O) groups is 2. The van der Waals surface area contributed by atoms with E-state index in [1.807, 2.05) is 0 Å². The summed E-state index contributed by atoms with van der Waals surface area (Å²) in [5, 5.41) is 8.80. The third kappa shape index (κ3) is 5.18. The average molecular weight is 249 g/mol. The summed E-state index contributed by atoms with van der Waals surface area (Å²) in [6.45, 7) is 1.51. The van der Waals surface area contributed by atoms with Crippen LogP contribution in [0.15, 0.2) is 18.3 Å². The lowest BCUT2D eigenvalue weighted by molar-refractivity contribution is -0.109. The molecule has 1 aromatic heterocycles. The van der Waals surface area contributed by atoms with Crippen molar-refractivity contribution in [3.8, 4) is 11.8 Å². The zero-order valence-corrected chi connectivity index (χ0v) is 10.1. The van der Waals surface area contributed by atoms with Gasteiger partial charge in [0.2, 0.25) is 0 Å². The van der Waals surface area contributed by atoms with E-state index in [4.69, 9.17) is 5.11 Å². The fourth-order valence-electron chi connectivity index (χ4n) is 1.04. The van der Waals surface area contributed by atoms with Gasteiger partial charge in [-0.2, -0.15) is 0 Å². The maximum Gasteiger partial charge on any atom is 0.354 e. The lowest BCUT2D eigenvalue weighted by Crippen LogP contribution is -1.99. The van der Waals surface area contributed by atoms with Crippen molar-refractivity contribution in [2.75, 3.05) is 5.75 Å². The van der Waals surface area contributed by atoms with Crippen LogP contribution in [0.25, 0.3) is 0 Å². The molecule has 1 rings (SSSR count). The van der Waals surface area contributed by atoms with E-state index in [0.717, 1.165) is 0 Å². The summed E-state index contributed by atoms with van der Waals surface area (Å²) >= 11 is 1.23. The lowest BCUT2D eigenvalue weighted by atomic mass is 10.2. The molecule has 0 atom stereocenters. The molecule has 0 bridgehead atoms. The van der Waals surface area contributed by atoms with E-state index < -0.39 is 5.97 Å². The van der Waals surface area contributed by atoms with Crippen molar-refractivity contribution in [2.24, 2.45) is 0 Å². The number of rotatable bonds is 3. The van der Waals surface area contributed by atoms with Crippen LogP contribution in [-0.2, 0) is 4.79 Å². The number of thioether (sulfide) groups is 1. The van der Waals surface area contributed by atoms with Crippen LogP contribution >= 0.6 is 11.8 Å². The molecule has 1 N–H and O–H groups in total. The van der Waals surface area contributed by atoms with Gasteiger partial charge in [0.1, 0.15) is 5.69 Å². The highest BCUT2D eigenvalue weighted by molar-refractivity contribution is 8.13. The first kappa shape index (κ1) is 13.3. The highest BCUT2D eigenvalue weighted by Crippen LogP contribution is 2.03. The highest BCUT2D eigenvalue weighted by Gasteiger charge is 2.03. The Balaban J connectivity index is 2.56. The fraction of sp³-hybridized carbons (Fsp3) is 0.250. The Morgan fingerprint density at radius 2 is 2.29 bits per heavy atom. The van der Waals surface area contributed by atoms with Gasteiger partial charge >= 0.3 is 5.97 Å². The number of carboxylic acid groups (broad SMARTS) is 1. The lowest BCUT2D eigenvalue weighted by Gasteiger charge is -1.93. The molecule has 0 aromatic carbocycles. The van der Waals surface area contributed by atoms with E-state index >= 15 is 0 Å². The van der Waals surface area contributed by atoms with Gasteiger partial charge < -0.3 is 5.11 Å². The van der Waals surface area contributed by atoms with Crippen LogP contribution in [0.2, 0.25) is 0 Å².